The van der Waals surface area contributed by atoms with Crippen LogP contribution in [0.4, 0.5) is 0 Å². The predicted molar refractivity (Wildman–Crippen MR) is 71.8 cm³/mol. The Balaban J connectivity index is 1.76. The molecule has 0 aliphatic carbocycles. The molecule has 0 aromatic heterocycles. The molecule has 3 rings (SSSR count). The summed E-state index contributed by atoms with van der Waals surface area (Å²) in [5.41, 5.74) is 5.69. The Morgan fingerprint density at radius 3 is 2.73 bits per heavy atom. The van der Waals surface area contributed by atoms with E-state index in [9.17, 15) is 14.8 Å². The minimum Gasteiger partial charge on any atom is -0.385 e. The largest absolute Gasteiger partial charge is 0.472 e. The van der Waals surface area contributed by atoms with Crippen LogP contribution in [0.2, 0.25) is 0 Å². The molecule has 1 fully saturated rings. The highest BCUT2D eigenvalue weighted by atomic mass is 31.2. The fourth-order valence-corrected chi connectivity index (χ4v) is 2.85. The number of phosphoric ester groups is 1. The summed E-state index contributed by atoms with van der Waals surface area (Å²) in [4.78, 5) is 30.9. The summed E-state index contributed by atoms with van der Waals surface area (Å²) in [6.07, 6.45) is -4.06. The van der Waals surface area contributed by atoms with E-state index in [1.165, 1.54) is 17.6 Å². The number of aliphatic hydroxyl groups is 2. The topological polar surface area (TPSA) is 183 Å². The predicted octanol–water partition coefficient (Wildman–Crippen LogP) is -3.06. The summed E-state index contributed by atoms with van der Waals surface area (Å²) in [7, 11) is -4.89. The number of aliphatic hydroxyl groups excluding tert-OH is 2. The molecule has 0 saturated carbocycles. The van der Waals surface area contributed by atoms with E-state index in [1.54, 1.807) is 0 Å². The van der Waals surface area contributed by atoms with E-state index in [-0.39, 0.29) is 5.84 Å². The zero-order valence-corrected chi connectivity index (χ0v) is 11.8. The van der Waals surface area contributed by atoms with E-state index in [2.05, 4.69) is 19.5 Å². The number of phosphoric acid groups is 1. The maximum Gasteiger partial charge on any atom is 0.472 e. The Morgan fingerprint density at radius 2 is 2.05 bits per heavy atom. The van der Waals surface area contributed by atoms with Gasteiger partial charge in [0.15, 0.2) is 18.7 Å². The van der Waals surface area contributed by atoms with Gasteiger partial charge < -0.3 is 35.4 Å². The Kier molecular flexibility index (Phi) is 3.77. The first kappa shape index (κ1) is 15.5. The van der Waals surface area contributed by atoms with Crippen molar-refractivity contribution in [3.63, 3.8) is 0 Å². The number of ether oxygens (including phenoxy) is 1. The van der Waals surface area contributed by atoms with Gasteiger partial charge in [-0.15, -0.1) is 0 Å². The van der Waals surface area contributed by atoms with Crippen molar-refractivity contribution in [1.82, 2.24) is 4.90 Å². The van der Waals surface area contributed by atoms with Crippen LogP contribution in [0.15, 0.2) is 15.0 Å². The first-order valence-electron chi connectivity index (χ1n) is 6.19. The van der Waals surface area contributed by atoms with E-state index in [0.29, 0.717) is 0 Å². The average Bonchev–Trinajstić information content (AvgIpc) is 2.95. The maximum atomic E-state index is 10.8. The van der Waals surface area contributed by atoms with Crippen LogP contribution in [0.5, 0.6) is 0 Å². The SMILES string of the molecule is NC1=NC=NC2C1N=CN2[C@@H]1O[C@H](OP(=O)(O)O)C(O)[C@H]1O. The molecule has 0 aromatic carbocycles. The molecule has 3 unspecified atom stereocenters. The lowest BCUT2D eigenvalue weighted by atomic mass is 10.1. The highest BCUT2D eigenvalue weighted by molar-refractivity contribution is 7.46. The van der Waals surface area contributed by atoms with Crippen LogP contribution in [-0.4, -0.2) is 80.3 Å². The second-order valence-corrected chi connectivity index (χ2v) is 6.05. The van der Waals surface area contributed by atoms with Gasteiger partial charge in [0.1, 0.15) is 30.4 Å². The van der Waals surface area contributed by atoms with E-state index < -0.39 is 44.8 Å². The number of amidine groups is 1. The van der Waals surface area contributed by atoms with E-state index >= 15 is 0 Å². The molecule has 3 aliphatic heterocycles. The van der Waals surface area contributed by atoms with Crippen LogP contribution >= 0.6 is 7.82 Å². The first-order valence-corrected chi connectivity index (χ1v) is 7.72. The molecule has 22 heavy (non-hydrogen) atoms. The van der Waals surface area contributed by atoms with Gasteiger partial charge in [-0.3, -0.25) is 9.52 Å². The smallest absolute Gasteiger partial charge is 0.385 e. The minimum atomic E-state index is -4.89. The molecule has 3 heterocycles. The standard InChI is InChI=1S/C9H14N5O7P/c10-6-3-7(12-1-11-6)14(2-13-3)8-4(15)5(16)9(20-8)21-22(17,18)19/h1-5,7-9,15-16H,(H2,10,11,12)(H2,17,18,19)/t3?,4-,5?,7?,8-,9-/m1/s1. The third-order valence-electron chi connectivity index (χ3n) is 3.41. The fourth-order valence-electron chi connectivity index (χ4n) is 2.40. The molecule has 6 N–H and O–H groups in total. The van der Waals surface area contributed by atoms with Crippen LogP contribution in [0.3, 0.4) is 0 Å². The highest BCUT2D eigenvalue weighted by Crippen LogP contribution is 2.42. The summed E-state index contributed by atoms with van der Waals surface area (Å²) in [6.45, 7) is 0. The quantitative estimate of drug-likeness (QED) is 0.334. The summed E-state index contributed by atoms with van der Waals surface area (Å²) in [6, 6.07) is -0.556. The van der Waals surface area contributed by atoms with E-state index in [0.717, 1.165) is 0 Å². The van der Waals surface area contributed by atoms with Crippen molar-refractivity contribution in [2.24, 2.45) is 20.7 Å². The number of rotatable bonds is 3. The summed E-state index contributed by atoms with van der Waals surface area (Å²) in [5, 5.41) is 19.8. The van der Waals surface area contributed by atoms with Crippen LogP contribution in [-0.2, 0) is 13.8 Å². The van der Waals surface area contributed by atoms with Gasteiger partial charge >= 0.3 is 7.82 Å². The monoisotopic (exact) mass is 335 g/mol. The maximum absolute atomic E-state index is 10.8. The normalized spacial score (nSPS) is 40.9. The first-order chi connectivity index (χ1) is 10.3. The molecule has 13 heteroatoms. The number of nitrogens with two attached hydrogens (primary N) is 1. The van der Waals surface area contributed by atoms with Gasteiger partial charge in [-0.25, -0.2) is 14.5 Å². The minimum absolute atomic E-state index is 0.231. The van der Waals surface area contributed by atoms with Crippen molar-refractivity contribution in [2.45, 2.75) is 36.9 Å². The third kappa shape index (κ3) is 2.65. The van der Waals surface area contributed by atoms with Gasteiger partial charge in [0, 0.05) is 0 Å². The summed E-state index contributed by atoms with van der Waals surface area (Å²) >= 11 is 0. The number of hydrogen-bond donors (Lipinski definition) is 5. The van der Waals surface area contributed by atoms with Gasteiger partial charge in [0.05, 0.1) is 6.34 Å². The Hall–Kier alpha value is -1.40. The fraction of sp³-hybridized carbons (Fsp3) is 0.667. The Bertz CT molecular complexity index is 591. The number of hydrogen-bond acceptors (Lipinski definition) is 10. The Morgan fingerprint density at radius 1 is 1.32 bits per heavy atom. The Labute approximate surface area is 123 Å². The second kappa shape index (κ2) is 5.35. The van der Waals surface area contributed by atoms with E-state index in [4.69, 9.17) is 20.3 Å². The molecule has 0 spiro atoms. The number of aliphatic imine (C=N–C) groups is 3. The van der Waals surface area contributed by atoms with Gasteiger partial charge in [0.25, 0.3) is 0 Å². The summed E-state index contributed by atoms with van der Waals surface area (Å²) in [5.74, 6) is 0.231. The third-order valence-corrected chi connectivity index (χ3v) is 3.89. The summed E-state index contributed by atoms with van der Waals surface area (Å²) < 4.78 is 20.3. The zero-order valence-electron chi connectivity index (χ0n) is 10.9. The average molecular weight is 335 g/mol. The van der Waals surface area contributed by atoms with Crippen LogP contribution < -0.4 is 5.73 Å². The van der Waals surface area contributed by atoms with Crippen molar-refractivity contribution < 1.29 is 33.8 Å². The van der Waals surface area contributed by atoms with Crippen LogP contribution in [0.25, 0.3) is 0 Å². The van der Waals surface area contributed by atoms with Gasteiger partial charge in [-0.2, -0.15) is 0 Å². The number of fused-ring (bicyclic) bond motifs is 1. The molecular weight excluding hydrogens is 321 g/mol. The molecule has 3 aliphatic rings. The van der Waals surface area contributed by atoms with Crippen molar-refractivity contribution in [3.05, 3.63) is 0 Å². The lowest BCUT2D eigenvalue weighted by Crippen LogP contribution is -2.51. The molecule has 0 aromatic rings. The van der Waals surface area contributed by atoms with Gasteiger partial charge in [-0.05, 0) is 0 Å². The molecule has 0 bridgehead atoms. The van der Waals surface area contributed by atoms with Crippen LogP contribution in [0, 0.1) is 0 Å². The van der Waals surface area contributed by atoms with E-state index in [1.807, 2.05) is 0 Å². The molecule has 6 atom stereocenters. The van der Waals surface area contributed by atoms with Crippen molar-refractivity contribution in [2.75, 3.05) is 0 Å². The lowest BCUT2D eigenvalue weighted by molar-refractivity contribution is -0.143. The molecule has 12 nitrogen and oxygen atoms in total. The second-order valence-electron chi connectivity index (χ2n) is 4.86. The molecule has 0 radical (unpaired) electrons. The number of nitrogens with zero attached hydrogens (tertiary/aromatic N) is 4. The van der Waals surface area contributed by atoms with Crippen molar-refractivity contribution >= 4 is 26.3 Å². The van der Waals surface area contributed by atoms with Gasteiger partial charge in [0.2, 0.25) is 0 Å². The molecule has 122 valence electrons. The molecule has 0 amide bonds. The zero-order chi connectivity index (χ0) is 16.1. The highest BCUT2D eigenvalue weighted by Gasteiger charge is 2.51. The molecule has 1 saturated heterocycles. The van der Waals surface area contributed by atoms with Crippen molar-refractivity contribution in [3.8, 4) is 0 Å². The van der Waals surface area contributed by atoms with Crippen molar-refractivity contribution in [1.29, 1.82) is 0 Å². The van der Waals surface area contributed by atoms with Crippen LogP contribution in [0.1, 0.15) is 0 Å². The lowest BCUT2D eigenvalue weighted by Gasteiger charge is -2.31. The molecular formula is C9H14N5O7P. The van der Waals surface area contributed by atoms with Gasteiger partial charge in [-0.1, -0.05) is 0 Å².